The Kier molecular flexibility index (Phi) is 7.55. The summed E-state index contributed by atoms with van der Waals surface area (Å²) in [6.45, 7) is 1.85. The highest BCUT2D eigenvalue weighted by Crippen LogP contribution is 2.21. The van der Waals surface area contributed by atoms with E-state index in [1.165, 1.54) is 0 Å². The number of rotatable bonds is 9. The summed E-state index contributed by atoms with van der Waals surface area (Å²) in [7, 11) is -4.05. The molecule has 0 bridgehead atoms. The molecule has 0 saturated carbocycles. The van der Waals surface area contributed by atoms with E-state index in [2.05, 4.69) is 15.4 Å². The van der Waals surface area contributed by atoms with Gasteiger partial charge in [-0.3, -0.25) is 4.79 Å². The molecule has 1 amide bonds. The van der Waals surface area contributed by atoms with Crippen LogP contribution in [0.2, 0.25) is 0 Å². The molecule has 9 heteroatoms. The number of anilines is 2. The Morgan fingerprint density at radius 3 is 2.22 bits per heavy atom. The standard InChI is InChI=1S/C23H23F2N3O3S/c1-16(17-5-3-2-4-6-17)27-18-7-9-19(10-8-18)28-23(29)13-14-26-32(30,31)20-11-12-21(24)22(25)15-20/h2-12,15-16,26-27H,13-14H2,1H3,(H,28,29). The normalized spacial score (nSPS) is 12.2. The minimum atomic E-state index is -4.05. The maximum absolute atomic E-state index is 13.3. The summed E-state index contributed by atoms with van der Waals surface area (Å²) in [5.74, 6) is -2.79. The third-order valence-corrected chi connectivity index (χ3v) is 6.16. The van der Waals surface area contributed by atoms with Gasteiger partial charge in [0.1, 0.15) is 0 Å². The molecule has 0 aliphatic heterocycles. The summed E-state index contributed by atoms with van der Waals surface area (Å²) in [6, 6.07) is 19.5. The molecule has 32 heavy (non-hydrogen) atoms. The molecule has 0 aliphatic carbocycles. The van der Waals surface area contributed by atoms with E-state index in [4.69, 9.17) is 0 Å². The number of amides is 1. The second-order valence-corrected chi connectivity index (χ2v) is 8.89. The number of carbonyl (C=O) groups excluding carboxylic acids is 1. The van der Waals surface area contributed by atoms with Crippen molar-refractivity contribution in [3.05, 3.63) is 90.0 Å². The predicted molar refractivity (Wildman–Crippen MR) is 120 cm³/mol. The largest absolute Gasteiger partial charge is 0.379 e. The quantitative estimate of drug-likeness (QED) is 0.441. The fraction of sp³-hybridized carbons (Fsp3) is 0.174. The predicted octanol–water partition coefficient (Wildman–Crippen LogP) is 4.45. The number of sulfonamides is 1. The molecule has 1 unspecified atom stereocenters. The average Bonchev–Trinajstić information content (AvgIpc) is 2.77. The third-order valence-electron chi connectivity index (χ3n) is 4.70. The smallest absolute Gasteiger partial charge is 0.240 e. The van der Waals surface area contributed by atoms with Gasteiger partial charge in [0.05, 0.1) is 4.90 Å². The van der Waals surface area contributed by atoms with Crippen molar-refractivity contribution >= 4 is 27.3 Å². The Bertz CT molecular complexity index is 1170. The van der Waals surface area contributed by atoms with Crippen LogP contribution in [0, 0.1) is 11.6 Å². The summed E-state index contributed by atoms with van der Waals surface area (Å²) in [6.07, 6.45) is -0.131. The lowest BCUT2D eigenvalue weighted by Crippen LogP contribution is -2.28. The van der Waals surface area contributed by atoms with Crippen molar-refractivity contribution in [1.82, 2.24) is 4.72 Å². The van der Waals surface area contributed by atoms with Crippen LogP contribution in [-0.2, 0) is 14.8 Å². The van der Waals surface area contributed by atoms with Crippen LogP contribution in [0.4, 0.5) is 20.2 Å². The topological polar surface area (TPSA) is 87.3 Å². The van der Waals surface area contributed by atoms with Crippen LogP contribution in [0.25, 0.3) is 0 Å². The van der Waals surface area contributed by atoms with Gasteiger partial charge in [-0.05, 0) is 55.0 Å². The van der Waals surface area contributed by atoms with E-state index in [1.54, 1.807) is 12.1 Å². The number of halogens is 2. The van der Waals surface area contributed by atoms with Gasteiger partial charge in [-0.25, -0.2) is 21.9 Å². The molecule has 0 fully saturated rings. The van der Waals surface area contributed by atoms with E-state index < -0.39 is 32.5 Å². The molecule has 168 valence electrons. The van der Waals surface area contributed by atoms with Gasteiger partial charge in [-0.2, -0.15) is 0 Å². The van der Waals surface area contributed by atoms with Crippen LogP contribution < -0.4 is 15.4 Å². The second kappa shape index (κ2) is 10.3. The number of benzene rings is 3. The van der Waals surface area contributed by atoms with Gasteiger partial charge in [0.15, 0.2) is 11.6 Å². The van der Waals surface area contributed by atoms with Gasteiger partial charge in [-0.1, -0.05) is 30.3 Å². The molecule has 0 spiro atoms. The van der Waals surface area contributed by atoms with E-state index in [-0.39, 0.29) is 19.0 Å². The SMILES string of the molecule is CC(Nc1ccc(NC(=O)CCNS(=O)(=O)c2ccc(F)c(F)c2)cc1)c1ccccc1. The summed E-state index contributed by atoms with van der Waals surface area (Å²) in [5.41, 5.74) is 2.60. The second-order valence-electron chi connectivity index (χ2n) is 7.13. The maximum Gasteiger partial charge on any atom is 0.240 e. The molecule has 3 rings (SSSR count). The highest BCUT2D eigenvalue weighted by atomic mass is 32.2. The number of carbonyl (C=O) groups is 1. The van der Waals surface area contributed by atoms with E-state index >= 15 is 0 Å². The molecule has 0 saturated heterocycles. The van der Waals surface area contributed by atoms with Crippen LogP contribution >= 0.6 is 0 Å². The average molecular weight is 460 g/mol. The van der Waals surface area contributed by atoms with Crippen molar-refractivity contribution < 1.29 is 22.0 Å². The third kappa shape index (κ3) is 6.35. The molecular weight excluding hydrogens is 436 g/mol. The van der Waals surface area contributed by atoms with Gasteiger partial charge >= 0.3 is 0 Å². The van der Waals surface area contributed by atoms with Crippen molar-refractivity contribution in [2.45, 2.75) is 24.3 Å². The lowest BCUT2D eigenvalue weighted by atomic mass is 10.1. The van der Waals surface area contributed by atoms with E-state index in [0.29, 0.717) is 11.8 Å². The fourth-order valence-corrected chi connectivity index (χ4v) is 4.02. The van der Waals surface area contributed by atoms with Gasteiger partial charge in [-0.15, -0.1) is 0 Å². The first-order valence-electron chi connectivity index (χ1n) is 9.91. The number of nitrogens with one attached hydrogen (secondary N) is 3. The molecular formula is C23H23F2N3O3S. The Balaban J connectivity index is 1.48. The molecule has 3 aromatic carbocycles. The summed E-state index contributed by atoms with van der Waals surface area (Å²) in [4.78, 5) is 11.7. The minimum absolute atomic E-state index is 0.110. The molecule has 0 heterocycles. The van der Waals surface area contributed by atoms with Crippen LogP contribution in [0.3, 0.4) is 0 Å². The van der Waals surface area contributed by atoms with Crippen LogP contribution in [0.5, 0.6) is 0 Å². The first-order valence-corrected chi connectivity index (χ1v) is 11.4. The van der Waals surface area contributed by atoms with Gasteiger partial charge < -0.3 is 10.6 Å². The molecule has 3 aromatic rings. The zero-order valence-electron chi connectivity index (χ0n) is 17.3. The van der Waals surface area contributed by atoms with Crippen molar-refractivity contribution in [1.29, 1.82) is 0 Å². The van der Waals surface area contributed by atoms with Gasteiger partial charge in [0.2, 0.25) is 15.9 Å². The molecule has 6 nitrogen and oxygen atoms in total. The van der Waals surface area contributed by atoms with Crippen molar-refractivity contribution in [2.24, 2.45) is 0 Å². The molecule has 0 radical (unpaired) electrons. The van der Waals surface area contributed by atoms with Crippen LogP contribution in [0.15, 0.2) is 77.7 Å². The molecule has 0 aromatic heterocycles. The fourth-order valence-electron chi connectivity index (χ4n) is 2.97. The monoisotopic (exact) mass is 459 g/mol. The molecule has 0 aliphatic rings. The Morgan fingerprint density at radius 1 is 0.906 bits per heavy atom. The first-order chi connectivity index (χ1) is 15.2. The van der Waals surface area contributed by atoms with Gasteiger partial charge in [0, 0.05) is 30.4 Å². The first kappa shape index (κ1) is 23.4. The van der Waals surface area contributed by atoms with E-state index in [1.807, 2.05) is 49.4 Å². The van der Waals surface area contributed by atoms with E-state index in [9.17, 15) is 22.0 Å². The van der Waals surface area contributed by atoms with Gasteiger partial charge in [0.25, 0.3) is 0 Å². The Hall–Kier alpha value is -3.30. The Morgan fingerprint density at radius 2 is 1.56 bits per heavy atom. The highest BCUT2D eigenvalue weighted by Gasteiger charge is 2.16. The summed E-state index contributed by atoms with van der Waals surface area (Å²) < 4.78 is 52.7. The Labute approximate surface area is 185 Å². The summed E-state index contributed by atoms with van der Waals surface area (Å²) >= 11 is 0. The zero-order valence-corrected chi connectivity index (χ0v) is 18.1. The van der Waals surface area contributed by atoms with E-state index in [0.717, 1.165) is 23.4 Å². The van der Waals surface area contributed by atoms with Crippen molar-refractivity contribution in [3.63, 3.8) is 0 Å². The number of hydrogen-bond donors (Lipinski definition) is 3. The maximum atomic E-state index is 13.3. The highest BCUT2D eigenvalue weighted by molar-refractivity contribution is 7.89. The van der Waals surface area contributed by atoms with Crippen molar-refractivity contribution in [2.75, 3.05) is 17.2 Å². The van der Waals surface area contributed by atoms with Crippen LogP contribution in [-0.4, -0.2) is 20.9 Å². The zero-order chi connectivity index (χ0) is 23.1. The van der Waals surface area contributed by atoms with Crippen molar-refractivity contribution in [3.8, 4) is 0 Å². The summed E-state index contributed by atoms with van der Waals surface area (Å²) in [5, 5.41) is 6.06. The minimum Gasteiger partial charge on any atom is -0.379 e. The number of hydrogen-bond acceptors (Lipinski definition) is 4. The lowest BCUT2D eigenvalue weighted by Gasteiger charge is -2.16. The van der Waals surface area contributed by atoms with Crippen LogP contribution in [0.1, 0.15) is 24.9 Å². The molecule has 1 atom stereocenters. The lowest BCUT2D eigenvalue weighted by molar-refractivity contribution is -0.116. The molecule has 3 N–H and O–H groups in total.